The van der Waals surface area contributed by atoms with Crippen molar-refractivity contribution in [2.45, 2.75) is 0 Å². The van der Waals surface area contributed by atoms with Crippen LogP contribution in [0.15, 0.2) is 138 Å². The molecule has 0 atom stereocenters. The Morgan fingerprint density at radius 3 is 1.90 bits per heavy atom. The van der Waals surface area contributed by atoms with Crippen LogP contribution >= 0.6 is 11.3 Å². The Kier molecular flexibility index (Phi) is 4.55. The molecule has 0 saturated carbocycles. The quantitative estimate of drug-likeness (QED) is 0.218. The third-order valence-electron chi connectivity index (χ3n) is 8.27. The van der Waals surface area contributed by atoms with Crippen molar-refractivity contribution in [3.63, 3.8) is 0 Å². The van der Waals surface area contributed by atoms with Gasteiger partial charge >= 0.3 is 0 Å². The molecule has 1 nitrogen and oxygen atoms in total. The minimum Gasteiger partial charge on any atom is -0.455 e. The van der Waals surface area contributed by atoms with E-state index in [4.69, 9.17) is 4.42 Å². The molecule has 9 aromatic rings. The molecule has 0 aliphatic rings. The smallest absolute Gasteiger partial charge is 0.144 e. The second kappa shape index (κ2) is 8.29. The maximum Gasteiger partial charge on any atom is 0.144 e. The van der Waals surface area contributed by atoms with Crippen molar-refractivity contribution >= 4 is 75.0 Å². The van der Waals surface area contributed by atoms with Crippen molar-refractivity contribution < 1.29 is 4.42 Å². The highest BCUT2D eigenvalue weighted by molar-refractivity contribution is 7.26. The third kappa shape index (κ3) is 2.97. The Hall–Kier alpha value is -4.92. The van der Waals surface area contributed by atoms with Crippen LogP contribution < -0.4 is 0 Å². The van der Waals surface area contributed by atoms with E-state index in [0.717, 1.165) is 22.1 Å². The average Bonchev–Trinajstić information content (AvgIpc) is 3.59. The van der Waals surface area contributed by atoms with Crippen LogP contribution in [0, 0.1) is 0 Å². The van der Waals surface area contributed by atoms with Gasteiger partial charge in [-0.25, -0.2) is 0 Å². The summed E-state index contributed by atoms with van der Waals surface area (Å²) in [6, 6.07) is 48.1. The van der Waals surface area contributed by atoms with E-state index in [9.17, 15) is 0 Å². The van der Waals surface area contributed by atoms with Crippen LogP contribution in [0.1, 0.15) is 0 Å². The molecule has 2 heteroatoms. The first-order chi connectivity index (χ1) is 19.9. The summed E-state index contributed by atoms with van der Waals surface area (Å²) in [5.41, 5.74) is 6.73. The molecule has 0 radical (unpaired) electrons. The predicted octanol–water partition coefficient (Wildman–Crippen LogP) is 11.6. The fourth-order valence-corrected chi connectivity index (χ4v) is 7.80. The molecule has 2 aromatic heterocycles. The largest absolute Gasteiger partial charge is 0.455 e. The van der Waals surface area contributed by atoms with E-state index in [1.165, 1.54) is 63.8 Å². The van der Waals surface area contributed by atoms with Crippen molar-refractivity contribution in [3.05, 3.63) is 133 Å². The van der Waals surface area contributed by atoms with Crippen molar-refractivity contribution in [3.8, 4) is 22.3 Å². The van der Waals surface area contributed by atoms with Gasteiger partial charge in [0, 0.05) is 47.6 Å². The predicted molar refractivity (Wildman–Crippen MR) is 172 cm³/mol. The molecule has 0 bridgehead atoms. The number of para-hydroxylation sites is 1. The van der Waals surface area contributed by atoms with Crippen LogP contribution in [0.3, 0.4) is 0 Å². The highest BCUT2D eigenvalue weighted by Crippen LogP contribution is 2.51. The number of hydrogen-bond donors (Lipinski definition) is 0. The first-order valence-electron chi connectivity index (χ1n) is 13.6. The van der Waals surface area contributed by atoms with Crippen molar-refractivity contribution in [2.75, 3.05) is 0 Å². The summed E-state index contributed by atoms with van der Waals surface area (Å²) >= 11 is 1.88. The van der Waals surface area contributed by atoms with Crippen molar-refractivity contribution in [1.82, 2.24) is 0 Å². The zero-order valence-electron chi connectivity index (χ0n) is 21.5. The summed E-state index contributed by atoms with van der Waals surface area (Å²) in [6.45, 7) is 0. The highest BCUT2D eigenvalue weighted by Gasteiger charge is 2.24. The lowest BCUT2D eigenvalue weighted by Crippen LogP contribution is -1.90. The van der Waals surface area contributed by atoms with Gasteiger partial charge in [-0.2, -0.15) is 0 Å². The number of rotatable bonds is 2. The molecule has 2 heterocycles. The van der Waals surface area contributed by atoms with Crippen LogP contribution in [-0.4, -0.2) is 0 Å². The molecule has 0 fully saturated rings. The Labute approximate surface area is 234 Å². The second-order valence-corrected chi connectivity index (χ2v) is 11.5. The fourth-order valence-electron chi connectivity index (χ4n) is 6.58. The maximum atomic E-state index is 6.83. The van der Waals surface area contributed by atoms with Crippen LogP contribution in [0.2, 0.25) is 0 Å². The molecule has 0 unspecified atom stereocenters. The normalized spacial score (nSPS) is 12.0. The summed E-state index contributed by atoms with van der Waals surface area (Å²) < 4.78 is 9.46. The topological polar surface area (TPSA) is 13.1 Å². The van der Waals surface area contributed by atoms with Gasteiger partial charge in [0.05, 0.1) is 0 Å². The van der Waals surface area contributed by atoms with Crippen molar-refractivity contribution in [1.29, 1.82) is 0 Å². The molecule has 0 aliphatic heterocycles. The first-order valence-corrected chi connectivity index (χ1v) is 14.4. The second-order valence-electron chi connectivity index (χ2n) is 10.4. The number of thiophene rings is 1. The fraction of sp³-hybridized carbons (Fsp3) is 0. The van der Waals surface area contributed by atoms with Gasteiger partial charge in [-0.05, 0) is 39.2 Å². The lowest BCUT2D eigenvalue weighted by molar-refractivity contribution is 0.670. The lowest BCUT2D eigenvalue weighted by atomic mass is 9.86. The molecule has 7 aromatic carbocycles. The zero-order chi connectivity index (χ0) is 26.2. The summed E-state index contributed by atoms with van der Waals surface area (Å²) in [7, 11) is 0. The molecule has 0 saturated heterocycles. The van der Waals surface area contributed by atoms with Gasteiger partial charge in [-0.15, -0.1) is 11.3 Å². The van der Waals surface area contributed by atoms with Gasteiger partial charge in [0.25, 0.3) is 0 Å². The molecular weight excluding hydrogens is 504 g/mol. The van der Waals surface area contributed by atoms with E-state index in [1.54, 1.807) is 0 Å². The van der Waals surface area contributed by atoms with E-state index in [0.29, 0.717) is 0 Å². The van der Waals surface area contributed by atoms with E-state index in [2.05, 4.69) is 133 Å². The Balaban J connectivity index is 1.53. The Morgan fingerprint density at radius 1 is 0.425 bits per heavy atom. The van der Waals surface area contributed by atoms with Crippen LogP contribution in [0.25, 0.3) is 85.9 Å². The van der Waals surface area contributed by atoms with Gasteiger partial charge in [-0.3, -0.25) is 0 Å². The minimum atomic E-state index is 0.916. The van der Waals surface area contributed by atoms with Gasteiger partial charge in [-0.1, -0.05) is 121 Å². The highest BCUT2D eigenvalue weighted by atomic mass is 32.1. The summed E-state index contributed by atoms with van der Waals surface area (Å²) in [6.07, 6.45) is 0. The van der Waals surface area contributed by atoms with Gasteiger partial charge in [0.15, 0.2) is 0 Å². The molecule has 0 spiro atoms. The van der Waals surface area contributed by atoms with Crippen molar-refractivity contribution in [2.24, 2.45) is 0 Å². The average molecular weight is 527 g/mol. The van der Waals surface area contributed by atoms with E-state index in [-0.39, 0.29) is 0 Å². The van der Waals surface area contributed by atoms with E-state index >= 15 is 0 Å². The number of fused-ring (bicyclic) bond motifs is 8. The molecular formula is C38H22OS. The number of hydrogen-bond acceptors (Lipinski definition) is 2. The van der Waals surface area contributed by atoms with Crippen LogP contribution in [-0.2, 0) is 0 Å². The van der Waals surface area contributed by atoms with E-state index < -0.39 is 0 Å². The lowest BCUT2D eigenvalue weighted by Gasteiger charge is -2.16. The molecule has 0 aliphatic carbocycles. The summed E-state index contributed by atoms with van der Waals surface area (Å²) in [5.74, 6) is 0. The van der Waals surface area contributed by atoms with E-state index in [1.807, 2.05) is 11.3 Å². The summed E-state index contributed by atoms with van der Waals surface area (Å²) in [4.78, 5) is 0. The van der Waals surface area contributed by atoms with Gasteiger partial charge < -0.3 is 4.42 Å². The standard InChI is InChI=1S/C38H22OS/c1-2-13-24-23(11-1)12-9-18-26(24)35-28-16-4-3-15-27(28)34(36-30-17-5-7-21-32(30)39-37(35)36)31-20-10-19-29-25-14-6-8-22-33(25)40-38(29)31/h1-22H. The molecule has 9 rings (SSSR count). The SMILES string of the molecule is c1ccc2c(-c3c4ccccc4c(-c4cccc5c4sc4ccccc45)c4c3oc3ccccc34)cccc2c1. The number of benzene rings is 7. The summed E-state index contributed by atoms with van der Waals surface area (Å²) in [5, 5.41) is 9.87. The first kappa shape index (κ1) is 22.0. The third-order valence-corrected chi connectivity index (χ3v) is 9.49. The number of furan rings is 1. The Bertz CT molecular complexity index is 2430. The molecule has 186 valence electrons. The molecule has 0 N–H and O–H groups in total. The van der Waals surface area contributed by atoms with Gasteiger partial charge in [0.1, 0.15) is 11.2 Å². The van der Waals surface area contributed by atoms with Gasteiger partial charge in [0.2, 0.25) is 0 Å². The van der Waals surface area contributed by atoms with Crippen LogP contribution in [0.5, 0.6) is 0 Å². The minimum absolute atomic E-state index is 0.916. The van der Waals surface area contributed by atoms with Crippen LogP contribution in [0.4, 0.5) is 0 Å². The molecule has 0 amide bonds. The zero-order valence-corrected chi connectivity index (χ0v) is 22.3. The Morgan fingerprint density at radius 2 is 1.02 bits per heavy atom. The molecule has 40 heavy (non-hydrogen) atoms. The maximum absolute atomic E-state index is 6.83. The monoisotopic (exact) mass is 526 g/mol.